The first kappa shape index (κ1) is 14.3. The van der Waals surface area contributed by atoms with E-state index in [0.717, 1.165) is 11.7 Å². The number of carbonyl (C=O) groups excluding carboxylic acids is 1. The molecular formula is C13H21N3O2S. The minimum absolute atomic E-state index is 0.256. The number of aromatic nitrogens is 1. The molecule has 1 aromatic heterocycles. The number of anilines is 1. The Kier molecular flexibility index (Phi) is 4.10. The van der Waals surface area contributed by atoms with Crippen molar-refractivity contribution in [2.24, 2.45) is 0 Å². The maximum Gasteiger partial charge on any atom is 0.357 e. The third-order valence-electron chi connectivity index (χ3n) is 3.98. The van der Waals surface area contributed by atoms with Gasteiger partial charge in [0.25, 0.3) is 0 Å². The number of likely N-dealkylation sites (N-methyl/N-ethyl adjacent to an activating group) is 2. The number of esters is 1. The lowest BCUT2D eigenvalue weighted by molar-refractivity contribution is 0.0595. The first-order valence-electron chi connectivity index (χ1n) is 6.41. The van der Waals surface area contributed by atoms with Crippen molar-refractivity contribution in [1.29, 1.82) is 0 Å². The van der Waals surface area contributed by atoms with Crippen LogP contribution in [0.5, 0.6) is 0 Å². The molecular weight excluding hydrogens is 262 g/mol. The lowest BCUT2D eigenvalue weighted by atomic mass is 9.75. The molecule has 1 aliphatic rings. The van der Waals surface area contributed by atoms with Crippen LogP contribution in [0.3, 0.4) is 0 Å². The monoisotopic (exact) mass is 283 g/mol. The maximum atomic E-state index is 11.4. The van der Waals surface area contributed by atoms with Crippen molar-refractivity contribution < 1.29 is 9.53 Å². The van der Waals surface area contributed by atoms with Gasteiger partial charge < -0.3 is 14.5 Å². The van der Waals surface area contributed by atoms with E-state index in [4.69, 9.17) is 0 Å². The first-order valence-corrected chi connectivity index (χ1v) is 7.29. The van der Waals surface area contributed by atoms with Crippen molar-refractivity contribution in [3.63, 3.8) is 0 Å². The molecule has 0 unspecified atom stereocenters. The second-order valence-corrected chi connectivity index (χ2v) is 6.17. The largest absolute Gasteiger partial charge is 0.464 e. The van der Waals surface area contributed by atoms with E-state index in [1.807, 2.05) is 7.05 Å². The van der Waals surface area contributed by atoms with E-state index in [1.165, 1.54) is 37.7 Å². The molecule has 1 fully saturated rings. The van der Waals surface area contributed by atoms with E-state index in [2.05, 4.69) is 33.6 Å². The lowest BCUT2D eigenvalue weighted by Gasteiger charge is -2.49. The molecule has 0 atom stereocenters. The maximum absolute atomic E-state index is 11.4. The number of methoxy groups -OCH3 is 1. The lowest BCUT2D eigenvalue weighted by Crippen LogP contribution is -2.56. The minimum Gasteiger partial charge on any atom is -0.464 e. The highest BCUT2D eigenvalue weighted by molar-refractivity contribution is 7.13. The van der Waals surface area contributed by atoms with Crippen LogP contribution in [-0.2, 0) is 4.74 Å². The Labute approximate surface area is 118 Å². The van der Waals surface area contributed by atoms with E-state index in [9.17, 15) is 4.79 Å². The van der Waals surface area contributed by atoms with Gasteiger partial charge in [0.2, 0.25) is 0 Å². The topological polar surface area (TPSA) is 45.7 Å². The predicted molar refractivity (Wildman–Crippen MR) is 77.0 cm³/mol. The van der Waals surface area contributed by atoms with Crippen LogP contribution in [-0.4, -0.2) is 56.2 Å². The summed E-state index contributed by atoms with van der Waals surface area (Å²) in [5.41, 5.74) is 0.646. The van der Waals surface area contributed by atoms with Gasteiger partial charge >= 0.3 is 5.97 Å². The van der Waals surface area contributed by atoms with Crippen LogP contribution in [0.4, 0.5) is 5.13 Å². The second kappa shape index (κ2) is 5.46. The Balaban J connectivity index is 2.05. The number of hydrogen-bond donors (Lipinski definition) is 0. The van der Waals surface area contributed by atoms with Crippen LogP contribution in [0.25, 0.3) is 0 Å². The molecule has 0 amide bonds. The number of carbonyl (C=O) groups is 1. The zero-order chi connectivity index (χ0) is 14.0. The average molecular weight is 283 g/mol. The van der Waals surface area contributed by atoms with Gasteiger partial charge in [0, 0.05) is 24.5 Å². The highest BCUT2D eigenvalue weighted by Crippen LogP contribution is 2.37. The number of nitrogens with zero attached hydrogens (tertiary/aromatic N) is 3. The molecule has 0 aromatic carbocycles. The summed E-state index contributed by atoms with van der Waals surface area (Å²) >= 11 is 1.48. The Hall–Kier alpha value is -1.14. The Morgan fingerprint density at radius 2 is 2.16 bits per heavy atom. The average Bonchev–Trinajstić information content (AvgIpc) is 2.81. The van der Waals surface area contributed by atoms with Gasteiger partial charge in [-0.2, -0.15) is 0 Å². The van der Waals surface area contributed by atoms with Gasteiger partial charge in [0.15, 0.2) is 10.8 Å². The van der Waals surface area contributed by atoms with E-state index in [1.54, 1.807) is 5.38 Å². The Morgan fingerprint density at radius 1 is 1.47 bits per heavy atom. The molecule has 106 valence electrons. The molecule has 2 rings (SSSR count). The summed E-state index contributed by atoms with van der Waals surface area (Å²) in [5.74, 6) is -0.373. The zero-order valence-electron chi connectivity index (χ0n) is 12.0. The molecule has 1 saturated carbocycles. The molecule has 5 nitrogen and oxygen atoms in total. The molecule has 1 aromatic rings. The van der Waals surface area contributed by atoms with Crippen molar-refractivity contribution >= 4 is 22.4 Å². The first-order chi connectivity index (χ1) is 8.98. The highest BCUT2D eigenvalue weighted by atomic mass is 32.1. The number of thiazole rings is 1. The fourth-order valence-electron chi connectivity index (χ4n) is 2.48. The van der Waals surface area contributed by atoms with Crippen LogP contribution >= 0.6 is 11.3 Å². The number of hydrogen-bond acceptors (Lipinski definition) is 6. The van der Waals surface area contributed by atoms with Gasteiger partial charge in [-0.05, 0) is 33.4 Å². The van der Waals surface area contributed by atoms with Crippen LogP contribution in [0.15, 0.2) is 5.38 Å². The van der Waals surface area contributed by atoms with Crippen molar-refractivity contribution in [3.05, 3.63) is 11.1 Å². The Bertz CT molecular complexity index is 454. The fourth-order valence-corrected chi connectivity index (χ4v) is 3.24. The standard InChI is InChI=1S/C13H21N3O2S/c1-15(2)13(6-5-7-13)9-16(3)12-14-10(8-19-12)11(17)18-4/h8H,5-7,9H2,1-4H3. The Morgan fingerprint density at radius 3 is 2.63 bits per heavy atom. The summed E-state index contributed by atoms with van der Waals surface area (Å²) in [5, 5.41) is 2.62. The van der Waals surface area contributed by atoms with Gasteiger partial charge in [-0.25, -0.2) is 9.78 Å². The quantitative estimate of drug-likeness (QED) is 0.772. The minimum atomic E-state index is -0.373. The van der Waals surface area contributed by atoms with Crippen molar-refractivity contribution in [2.75, 3.05) is 39.7 Å². The highest BCUT2D eigenvalue weighted by Gasteiger charge is 2.40. The van der Waals surface area contributed by atoms with Gasteiger partial charge in [-0.3, -0.25) is 0 Å². The summed E-state index contributed by atoms with van der Waals surface area (Å²) in [7, 11) is 7.67. The smallest absolute Gasteiger partial charge is 0.357 e. The molecule has 0 radical (unpaired) electrons. The zero-order valence-corrected chi connectivity index (χ0v) is 12.8. The third kappa shape index (κ3) is 2.74. The van der Waals surface area contributed by atoms with Gasteiger partial charge in [-0.15, -0.1) is 11.3 Å². The SMILES string of the molecule is COC(=O)c1csc(N(C)CC2(N(C)C)CCC2)n1. The summed E-state index contributed by atoms with van der Waals surface area (Å²) < 4.78 is 4.68. The van der Waals surface area contributed by atoms with Crippen LogP contribution < -0.4 is 4.90 Å². The molecule has 19 heavy (non-hydrogen) atoms. The molecule has 1 aliphatic carbocycles. The molecule has 1 heterocycles. The van der Waals surface area contributed by atoms with Crippen molar-refractivity contribution in [1.82, 2.24) is 9.88 Å². The fraction of sp³-hybridized carbons (Fsp3) is 0.692. The van der Waals surface area contributed by atoms with E-state index >= 15 is 0 Å². The van der Waals surface area contributed by atoms with Crippen molar-refractivity contribution in [3.8, 4) is 0 Å². The van der Waals surface area contributed by atoms with Gasteiger partial charge in [0.05, 0.1) is 7.11 Å². The number of ether oxygens (including phenoxy) is 1. The predicted octanol–water partition coefficient (Wildman–Crippen LogP) is 1.85. The molecule has 6 heteroatoms. The van der Waals surface area contributed by atoms with Gasteiger partial charge in [0.1, 0.15) is 0 Å². The molecule has 0 aliphatic heterocycles. The molecule has 0 bridgehead atoms. The second-order valence-electron chi connectivity index (χ2n) is 5.34. The van der Waals surface area contributed by atoms with E-state index in [-0.39, 0.29) is 11.5 Å². The van der Waals surface area contributed by atoms with E-state index < -0.39 is 0 Å². The summed E-state index contributed by atoms with van der Waals surface area (Å²) in [4.78, 5) is 20.2. The number of rotatable bonds is 5. The molecule has 0 spiro atoms. The molecule has 0 saturated heterocycles. The van der Waals surface area contributed by atoms with Crippen LogP contribution in [0.2, 0.25) is 0 Å². The normalized spacial score (nSPS) is 17.1. The van der Waals surface area contributed by atoms with E-state index in [0.29, 0.717) is 5.69 Å². The molecule has 0 N–H and O–H groups in total. The third-order valence-corrected chi connectivity index (χ3v) is 4.93. The van der Waals surface area contributed by atoms with Crippen LogP contribution in [0, 0.1) is 0 Å². The van der Waals surface area contributed by atoms with Gasteiger partial charge in [-0.1, -0.05) is 0 Å². The van der Waals surface area contributed by atoms with Crippen LogP contribution in [0.1, 0.15) is 29.8 Å². The summed E-state index contributed by atoms with van der Waals surface area (Å²) in [6, 6.07) is 0. The summed E-state index contributed by atoms with van der Waals surface area (Å²) in [6.07, 6.45) is 3.73. The van der Waals surface area contributed by atoms with Crippen molar-refractivity contribution in [2.45, 2.75) is 24.8 Å². The summed E-state index contributed by atoms with van der Waals surface area (Å²) in [6.45, 7) is 0.939.